The fraction of sp³-hybridized carbons (Fsp3) is 0.455. The number of pyridine rings is 1. The van der Waals surface area contributed by atoms with Crippen molar-refractivity contribution >= 4 is 21.8 Å². The molecule has 0 radical (unpaired) electrons. The summed E-state index contributed by atoms with van der Waals surface area (Å²) in [6.45, 7) is 4.14. The van der Waals surface area contributed by atoms with Gasteiger partial charge in [-0.05, 0) is 28.1 Å². The molecule has 1 aromatic heterocycles. The molecule has 1 N–H and O–H groups in total. The molecule has 1 aromatic rings. The largest absolute Gasteiger partial charge is 0.380 e. The summed E-state index contributed by atoms with van der Waals surface area (Å²) in [4.78, 5) is 15.7. The van der Waals surface area contributed by atoms with Crippen molar-refractivity contribution < 1.29 is 9.53 Å². The number of hydrogen-bond acceptors (Lipinski definition) is 3. The van der Waals surface area contributed by atoms with Gasteiger partial charge < -0.3 is 10.1 Å². The lowest BCUT2D eigenvalue weighted by Crippen LogP contribution is -2.48. The molecule has 4 nitrogen and oxygen atoms in total. The van der Waals surface area contributed by atoms with Gasteiger partial charge in [0.2, 0.25) is 0 Å². The summed E-state index contributed by atoms with van der Waals surface area (Å²) in [5.41, 5.74) is 0.525. The van der Waals surface area contributed by atoms with Gasteiger partial charge in [0.25, 0.3) is 5.91 Å². The van der Waals surface area contributed by atoms with Gasteiger partial charge in [-0.15, -0.1) is 0 Å². The molecule has 2 rings (SSSR count). The second kappa shape index (κ2) is 4.51. The van der Waals surface area contributed by atoms with Gasteiger partial charge in [-0.25, -0.2) is 4.98 Å². The van der Waals surface area contributed by atoms with Gasteiger partial charge in [0.15, 0.2) is 0 Å². The number of carbonyl (C=O) groups is 1. The maximum Gasteiger partial charge on any atom is 0.269 e. The van der Waals surface area contributed by atoms with E-state index in [1.165, 1.54) is 0 Å². The molecule has 0 atom stereocenters. The number of ether oxygens (including phenoxy) is 1. The van der Waals surface area contributed by atoms with Crippen LogP contribution in [-0.2, 0) is 4.74 Å². The monoisotopic (exact) mass is 284 g/mol. The highest BCUT2D eigenvalue weighted by atomic mass is 79.9. The van der Waals surface area contributed by atoms with Crippen molar-refractivity contribution in [2.24, 2.45) is 5.41 Å². The molecule has 16 heavy (non-hydrogen) atoms. The smallest absolute Gasteiger partial charge is 0.269 e. The highest BCUT2D eigenvalue weighted by Gasteiger charge is 2.33. The van der Waals surface area contributed by atoms with Gasteiger partial charge in [-0.3, -0.25) is 4.79 Å². The van der Waals surface area contributed by atoms with Crippen LogP contribution in [0.15, 0.2) is 22.8 Å². The van der Waals surface area contributed by atoms with Crippen LogP contribution < -0.4 is 5.32 Å². The number of nitrogens with one attached hydrogen (secondary N) is 1. The third kappa shape index (κ3) is 2.59. The molecule has 1 aliphatic rings. The fourth-order valence-electron chi connectivity index (χ4n) is 1.45. The van der Waals surface area contributed by atoms with Crippen LogP contribution in [0.5, 0.6) is 0 Å². The van der Waals surface area contributed by atoms with Crippen molar-refractivity contribution in [3.63, 3.8) is 0 Å². The van der Waals surface area contributed by atoms with E-state index in [1.807, 2.05) is 0 Å². The molecule has 86 valence electrons. The fourth-order valence-corrected chi connectivity index (χ4v) is 1.68. The van der Waals surface area contributed by atoms with Crippen molar-refractivity contribution in [1.29, 1.82) is 0 Å². The van der Waals surface area contributed by atoms with Crippen LogP contribution in [0.4, 0.5) is 0 Å². The molecule has 0 aliphatic carbocycles. The van der Waals surface area contributed by atoms with Crippen molar-refractivity contribution in [1.82, 2.24) is 10.3 Å². The van der Waals surface area contributed by atoms with Gasteiger partial charge in [-0.1, -0.05) is 6.92 Å². The summed E-state index contributed by atoms with van der Waals surface area (Å²) in [6.07, 6.45) is 1.61. The summed E-state index contributed by atoms with van der Waals surface area (Å²) < 4.78 is 5.98. The van der Waals surface area contributed by atoms with Crippen LogP contribution in [0.2, 0.25) is 0 Å². The Morgan fingerprint density at radius 1 is 1.62 bits per heavy atom. The maximum absolute atomic E-state index is 11.7. The standard InChI is InChI=1S/C11H13BrN2O2/c1-11(6-16-7-11)5-14-10(15)9-3-2-8(12)4-13-9/h2-4H,5-7H2,1H3,(H,14,15). The molecule has 5 heteroatoms. The second-order valence-electron chi connectivity index (χ2n) is 4.35. The number of rotatable bonds is 3. The summed E-state index contributed by atoms with van der Waals surface area (Å²) in [6, 6.07) is 3.50. The Hall–Kier alpha value is -0.940. The van der Waals surface area contributed by atoms with Crippen molar-refractivity contribution in [3.05, 3.63) is 28.5 Å². The van der Waals surface area contributed by atoms with E-state index in [9.17, 15) is 4.79 Å². The SMILES string of the molecule is CC1(CNC(=O)c2ccc(Br)cn2)COC1. The Bertz CT molecular complexity index is 387. The van der Waals surface area contributed by atoms with E-state index in [0.29, 0.717) is 25.5 Å². The van der Waals surface area contributed by atoms with E-state index >= 15 is 0 Å². The van der Waals surface area contributed by atoms with Crippen LogP contribution in [-0.4, -0.2) is 30.6 Å². The van der Waals surface area contributed by atoms with Crippen LogP contribution >= 0.6 is 15.9 Å². The van der Waals surface area contributed by atoms with Gasteiger partial charge >= 0.3 is 0 Å². The van der Waals surface area contributed by atoms with E-state index in [-0.39, 0.29) is 11.3 Å². The molecule has 0 bridgehead atoms. The first-order chi connectivity index (χ1) is 7.59. The Morgan fingerprint density at radius 3 is 2.88 bits per heavy atom. The molecule has 0 aromatic carbocycles. The van der Waals surface area contributed by atoms with E-state index in [4.69, 9.17) is 4.74 Å². The number of carbonyl (C=O) groups excluding carboxylic acids is 1. The molecule has 0 saturated carbocycles. The molecule has 1 saturated heterocycles. The Labute approximate surface area is 103 Å². The third-order valence-corrected chi connectivity index (χ3v) is 3.01. The Balaban J connectivity index is 1.90. The van der Waals surface area contributed by atoms with Crippen LogP contribution in [0.25, 0.3) is 0 Å². The first-order valence-corrected chi connectivity index (χ1v) is 5.86. The quantitative estimate of drug-likeness (QED) is 0.918. The lowest BCUT2D eigenvalue weighted by molar-refractivity contribution is -0.0978. The van der Waals surface area contributed by atoms with Crippen molar-refractivity contribution in [3.8, 4) is 0 Å². The normalized spacial score (nSPS) is 17.6. The lowest BCUT2D eigenvalue weighted by atomic mass is 9.89. The number of halogens is 1. The van der Waals surface area contributed by atoms with E-state index in [2.05, 4.69) is 33.2 Å². The average molecular weight is 285 g/mol. The highest BCUT2D eigenvalue weighted by Crippen LogP contribution is 2.25. The van der Waals surface area contributed by atoms with Crippen LogP contribution in [0.3, 0.4) is 0 Å². The summed E-state index contributed by atoms with van der Waals surface area (Å²) in [7, 11) is 0. The molecule has 2 heterocycles. The summed E-state index contributed by atoms with van der Waals surface area (Å²) in [5, 5.41) is 2.86. The molecular weight excluding hydrogens is 272 g/mol. The summed E-state index contributed by atoms with van der Waals surface area (Å²) >= 11 is 3.27. The molecule has 1 amide bonds. The molecule has 1 fully saturated rings. The van der Waals surface area contributed by atoms with E-state index in [1.54, 1.807) is 18.3 Å². The van der Waals surface area contributed by atoms with E-state index in [0.717, 1.165) is 4.47 Å². The zero-order chi connectivity index (χ0) is 11.6. The zero-order valence-corrected chi connectivity index (χ0v) is 10.6. The minimum Gasteiger partial charge on any atom is -0.380 e. The predicted molar refractivity (Wildman–Crippen MR) is 63.2 cm³/mol. The first-order valence-electron chi connectivity index (χ1n) is 5.07. The zero-order valence-electron chi connectivity index (χ0n) is 9.00. The molecule has 0 unspecified atom stereocenters. The van der Waals surface area contributed by atoms with Gasteiger partial charge in [0.05, 0.1) is 13.2 Å². The number of hydrogen-bond donors (Lipinski definition) is 1. The average Bonchev–Trinajstić information content (AvgIpc) is 2.24. The van der Waals surface area contributed by atoms with Crippen molar-refractivity contribution in [2.45, 2.75) is 6.92 Å². The van der Waals surface area contributed by atoms with E-state index < -0.39 is 0 Å². The third-order valence-electron chi connectivity index (χ3n) is 2.54. The second-order valence-corrected chi connectivity index (χ2v) is 5.26. The lowest BCUT2D eigenvalue weighted by Gasteiger charge is -2.37. The minimum absolute atomic E-state index is 0.0883. The van der Waals surface area contributed by atoms with Gasteiger partial charge in [-0.2, -0.15) is 0 Å². The first kappa shape index (κ1) is 11.5. The number of nitrogens with zero attached hydrogens (tertiary/aromatic N) is 1. The maximum atomic E-state index is 11.7. The molecule has 1 aliphatic heterocycles. The Morgan fingerprint density at radius 2 is 2.38 bits per heavy atom. The predicted octanol–water partition coefficient (Wildman–Crippen LogP) is 1.61. The van der Waals surface area contributed by atoms with Gasteiger partial charge in [0.1, 0.15) is 5.69 Å². The van der Waals surface area contributed by atoms with Crippen LogP contribution in [0, 0.1) is 5.41 Å². The van der Waals surface area contributed by atoms with Crippen molar-refractivity contribution in [2.75, 3.05) is 19.8 Å². The Kier molecular flexibility index (Phi) is 3.25. The summed E-state index contributed by atoms with van der Waals surface area (Å²) in [5.74, 6) is -0.138. The van der Waals surface area contributed by atoms with Gasteiger partial charge in [0, 0.05) is 22.6 Å². The molecule has 0 spiro atoms. The number of aromatic nitrogens is 1. The number of amides is 1. The molecular formula is C11H13BrN2O2. The minimum atomic E-state index is -0.138. The highest BCUT2D eigenvalue weighted by molar-refractivity contribution is 9.10. The van der Waals surface area contributed by atoms with Crippen LogP contribution in [0.1, 0.15) is 17.4 Å². The topological polar surface area (TPSA) is 51.2 Å².